The zero-order chi connectivity index (χ0) is 14.5. The topological polar surface area (TPSA) is 55.6 Å². The molecular weight excluding hydrogens is 276 g/mol. The number of methoxy groups -OCH3 is 1. The summed E-state index contributed by atoms with van der Waals surface area (Å²) in [5.74, 6) is 0.373. The number of carbonyl (C=O) groups is 1. The van der Waals surface area contributed by atoms with Gasteiger partial charge >= 0.3 is 5.97 Å². The fourth-order valence-corrected chi connectivity index (χ4v) is 2.41. The highest BCUT2D eigenvalue weighted by Gasteiger charge is 2.17. The maximum absolute atomic E-state index is 11.4. The molecule has 0 N–H and O–H groups in total. The Morgan fingerprint density at radius 2 is 2.35 bits per heavy atom. The molecule has 20 heavy (non-hydrogen) atoms. The predicted molar refractivity (Wildman–Crippen MR) is 77.4 cm³/mol. The average Bonchev–Trinajstić information content (AvgIpc) is 3.08. The first kappa shape index (κ1) is 14.7. The Bertz CT molecular complexity index is 549. The van der Waals surface area contributed by atoms with Gasteiger partial charge in [-0.3, -0.25) is 9.69 Å². The van der Waals surface area contributed by atoms with Crippen molar-refractivity contribution in [2.45, 2.75) is 26.4 Å². The molecule has 0 atom stereocenters. The summed E-state index contributed by atoms with van der Waals surface area (Å²) >= 11 is 1.58. The van der Waals surface area contributed by atoms with E-state index in [0.29, 0.717) is 12.4 Å². The first-order chi connectivity index (χ1) is 9.60. The summed E-state index contributed by atoms with van der Waals surface area (Å²) in [6.45, 7) is 4.86. The summed E-state index contributed by atoms with van der Waals surface area (Å²) in [7, 11) is 1.39. The van der Waals surface area contributed by atoms with Gasteiger partial charge in [0.2, 0.25) is 5.89 Å². The molecular formula is C14H18N2O3S. The van der Waals surface area contributed by atoms with Crippen LogP contribution in [0.25, 0.3) is 10.8 Å². The molecule has 6 heteroatoms. The van der Waals surface area contributed by atoms with E-state index in [1.54, 1.807) is 17.6 Å². The van der Waals surface area contributed by atoms with Crippen molar-refractivity contribution in [2.24, 2.45) is 0 Å². The van der Waals surface area contributed by atoms with Crippen molar-refractivity contribution in [3.63, 3.8) is 0 Å². The number of thiophene rings is 1. The van der Waals surface area contributed by atoms with Crippen LogP contribution in [0.5, 0.6) is 0 Å². The molecule has 0 amide bonds. The monoisotopic (exact) mass is 294 g/mol. The Hall–Kier alpha value is -1.66. The van der Waals surface area contributed by atoms with Crippen LogP contribution in [0, 0.1) is 0 Å². The SMILES string of the molecule is COC(=O)CN(Cc1coc(-c2cccs2)n1)C(C)C. The van der Waals surface area contributed by atoms with Crippen LogP contribution < -0.4 is 0 Å². The molecule has 2 rings (SSSR count). The number of nitrogens with zero attached hydrogens (tertiary/aromatic N) is 2. The van der Waals surface area contributed by atoms with Gasteiger partial charge in [0.25, 0.3) is 0 Å². The number of aromatic nitrogens is 1. The quantitative estimate of drug-likeness (QED) is 0.767. The van der Waals surface area contributed by atoms with Gasteiger partial charge in [-0.1, -0.05) is 6.07 Å². The maximum Gasteiger partial charge on any atom is 0.319 e. The van der Waals surface area contributed by atoms with Crippen molar-refractivity contribution in [1.82, 2.24) is 9.88 Å². The molecule has 2 aromatic rings. The molecule has 0 bridgehead atoms. The van der Waals surface area contributed by atoms with Crippen LogP contribution in [-0.4, -0.2) is 35.5 Å². The van der Waals surface area contributed by atoms with E-state index >= 15 is 0 Å². The normalized spacial score (nSPS) is 11.2. The minimum Gasteiger partial charge on any atom is -0.468 e. The van der Waals surface area contributed by atoms with Crippen molar-refractivity contribution >= 4 is 17.3 Å². The number of oxazole rings is 1. The maximum atomic E-state index is 11.4. The first-order valence-electron chi connectivity index (χ1n) is 6.39. The molecule has 0 aliphatic heterocycles. The van der Waals surface area contributed by atoms with E-state index in [9.17, 15) is 4.79 Å². The molecule has 0 spiro atoms. The molecule has 2 aromatic heterocycles. The van der Waals surface area contributed by atoms with E-state index in [1.165, 1.54) is 7.11 Å². The van der Waals surface area contributed by atoms with Gasteiger partial charge in [-0.2, -0.15) is 0 Å². The summed E-state index contributed by atoms with van der Waals surface area (Å²) in [5.41, 5.74) is 0.811. The molecule has 0 unspecified atom stereocenters. The van der Waals surface area contributed by atoms with E-state index in [4.69, 9.17) is 9.15 Å². The van der Waals surface area contributed by atoms with E-state index in [0.717, 1.165) is 10.6 Å². The average molecular weight is 294 g/mol. The van der Waals surface area contributed by atoms with Gasteiger partial charge in [-0.25, -0.2) is 4.98 Å². The molecule has 0 saturated heterocycles. The Balaban J connectivity index is 2.05. The molecule has 2 heterocycles. The van der Waals surface area contributed by atoms with Crippen LogP contribution >= 0.6 is 11.3 Å². The summed E-state index contributed by atoms with van der Waals surface area (Å²) in [5, 5.41) is 1.98. The highest BCUT2D eigenvalue weighted by atomic mass is 32.1. The summed E-state index contributed by atoms with van der Waals surface area (Å²) in [6, 6.07) is 4.15. The highest BCUT2D eigenvalue weighted by Crippen LogP contribution is 2.24. The van der Waals surface area contributed by atoms with Crippen molar-refractivity contribution in [2.75, 3.05) is 13.7 Å². The Morgan fingerprint density at radius 1 is 1.55 bits per heavy atom. The van der Waals surface area contributed by atoms with Crippen LogP contribution in [-0.2, 0) is 16.1 Å². The standard InChI is InChI=1S/C14H18N2O3S/c1-10(2)16(8-13(17)18-3)7-11-9-19-14(15-11)12-5-4-6-20-12/h4-6,9-10H,7-8H2,1-3H3. The Labute approximate surface area is 122 Å². The smallest absolute Gasteiger partial charge is 0.319 e. The van der Waals surface area contributed by atoms with Crippen LogP contribution in [0.15, 0.2) is 28.2 Å². The highest BCUT2D eigenvalue weighted by molar-refractivity contribution is 7.13. The zero-order valence-electron chi connectivity index (χ0n) is 11.8. The molecule has 0 fully saturated rings. The molecule has 0 aliphatic carbocycles. The largest absolute Gasteiger partial charge is 0.468 e. The number of rotatable bonds is 6. The summed E-state index contributed by atoms with van der Waals surface area (Å²) in [6.07, 6.45) is 1.64. The molecule has 0 radical (unpaired) electrons. The number of carbonyl (C=O) groups excluding carboxylic acids is 1. The lowest BCUT2D eigenvalue weighted by Crippen LogP contribution is -2.35. The van der Waals surface area contributed by atoms with E-state index in [2.05, 4.69) is 4.98 Å². The lowest BCUT2D eigenvalue weighted by Gasteiger charge is -2.23. The second kappa shape index (κ2) is 6.67. The molecule has 0 aromatic carbocycles. The third-order valence-electron chi connectivity index (χ3n) is 2.94. The molecule has 0 aliphatic rings. The molecule has 0 saturated carbocycles. The lowest BCUT2D eigenvalue weighted by molar-refractivity contribution is -0.142. The molecule has 108 valence electrons. The fraction of sp³-hybridized carbons (Fsp3) is 0.429. The number of hydrogen-bond acceptors (Lipinski definition) is 6. The van der Waals surface area contributed by atoms with E-state index < -0.39 is 0 Å². The summed E-state index contributed by atoms with van der Waals surface area (Å²) < 4.78 is 10.2. The number of esters is 1. The van der Waals surface area contributed by atoms with Crippen molar-refractivity contribution in [1.29, 1.82) is 0 Å². The number of ether oxygens (including phenoxy) is 1. The van der Waals surface area contributed by atoms with Crippen LogP contribution in [0.4, 0.5) is 0 Å². The van der Waals surface area contributed by atoms with Gasteiger partial charge in [0, 0.05) is 12.6 Å². The second-order valence-electron chi connectivity index (χ2n) is 4.70. The van der Waals surface area contributed by atoms with Gasteiger partial charge < -0.3 is 9.15 Å². The number of hydrogen-bond donors (Lipinski definition) is 0. The lowest BCUT2D eigenvalue weighted by atomic mass is 10.3. The van der Waals surface area contributed by atoms with Gasteiger partial charge in [-0.15, -0.1) is 11.3 Å². The third kappa shape index (κ3) is 3.68. The Kier molecular flexibility index (Phi) is 4.92. The van der Waals surface area contributed by atoms with E-state index in [-0.39, 0.29) is 18.6 Å². The van der Waals surface area contributed by atoms with Crippen LogP contribution in [0.3, 0.4) is 0 Å². The Morgan fingerprint density at radius 3 is 2.95 bits per heavy atom. The second-order valence-corrected chi connectivity index (χ2v) is 5.64. The van der Waals surface area contributed by atoms with Crippen molar-refractivity contribution in [3.05, 3.63) is 29.5 Å². The third-order valence-corrected chi connectivity index (χ3v) is 3.80. The van der Waals surface area contributed by atoms with Crippen LogP contribution in [0.1, 0.15) is 19.5 Å². The van der Waals surface area contributed by atoms with Gasteiger partial charge in [-0.05, 0) is 25.3 Å². The minimum atomic E-state index is -0.249. The van der Waals surface area contributed by atoms with Gasteiger partial charge in [0.05, 0.1) is 24.2 Å². The predicted octanol–water partition coefficient (Wildman–Crippen LogP) is 2.79. The zero-order valence-corrected chi connectivity index (χ0v) is 12.6. The van der Waals surface area contributed by atoms with Gasteiger partial charge in [0.15, 0.2) is 0 Å². The van der Waals surface area contributed by atoms with Crippen LogP contribution in [0.2, 0.25) is 0 Å². The first-order valence-corrected chi connectivity index (χ1v) is 7.27. The van der Waals surface area contributed by atoms with Gasteiger partial charge in [0.1, 0.15) is 6.26 Å². The molecule has 5 nitrogen and oxygen atoms in total. The van der Waals surface area contributed by atoms with Crippen molar-refractivity contribution < 1.29 is 13.9 Å². The van der Waals surface area contributed by atoms with E-state index in [1.807, 2.05) is 36.3 Å². The van der Waals surface area contributed by atoms with Crippen molar-refractivity contribution in [3.8, 4) is 10.8 Å². The summed E-state index contributed by atoms with van der Waals surface area (Å²) in [4.78, 5) is 18.8. The fourth-order valence-electron chi connectivity index (χ4n) is 1.75. The minimum absolute atomic E-state index is 0.219.